The Labute approximate surface area is 172 Å². The molecule has 1 aliphatic heterocycles. The summed E-state index contributed by atoms with van der Waals surface area (Å²) >= 11 is 0. The summed E-state index contributed by atoms with van der Waals surface area (Å²) in [5.74, 6) is 0.179. The van der Waals surface area contributed by atoms with Gasteiger partial charge in [-0.05, 0) is 48.6 Å². The second-order valence-electron chi connectivity index (χ2n) is 7.99. The molecule has 0 radical (unpaired) electrons. The van der Waals surface area contributed by atoms with Gasteiger partial charge in [0.25, 0.3) is 0 Å². The first kappa shape index (κ1) is 20.9. The van der Waals surface area contributed by atoms with E-state index < -0.39 is 5.92 Å². The van der Waals surface area contributed by atoms with Crippen molar-refractivity contribution in [3.8, 4) is 11.5 Å². The maximum Gasteiger partial charge on any atom is 0.316 e. The van der Waals surface area contributed by atoms with Gasteiger partial charge in [-0.3, -0.25) is 9.59 Å². The van der Waals surface area contributed by atoms with E-state index in [0.717, 1.165) is 6.42 Å². The average molecular weight is 395 g/mol. The molecular weight excluding hydrogens is 366 g/mol. The number of nitrogens with zero attached hydrogens (tertiary/aromatic N) is 1. The molecule has 1 amide bonds. The van der Waals surface area contributed by atoms with Crippen molar-refractivity contribution in [2.75, 3.05) is 18.1 Å². The fourth-order valence-corrected chi connectivity index (χ4v) is 3.43. The standard InChI is InChI=1S/C24H29NO4/c1-5-24(3,4)18-11-13-19(14-12-18)29-23(27)17-15-22(26)25(16-17)20-9-7-8-10-21(20)28-6-2/h7-14,17H,5-6,15-16H2,1-4H3/t17-/m1/s1. The molecular formula is C24H29NO4. The minimum Gasteiger partial charge on any atom is -0.492 e. The van der Waals surface area contributed by atoms with Crippen LogP contribution in [0.4, 0.5) is 5.69 Å². The normalized spacial score (nSPS) is 16.8. The highest BCUT2D eigenvalue weighted by Crippen LogP contribution is 2.34. The van der Waals surface area contributed by atoms with Gasteiger partial charge < -0.3 is 14.4 Å². The van der Waals surface area contributed by atoms with Crippen molar-refractivity contribution in [2.45, 2.75) is 46.0 Å². The molecule has 1 fully saturated rings. The van der Waals surface area contributed by atoms with E-state index in [0.29, 0.717) is 30.3 Å². The number of esters is 1. The van der Waals surface area contributed by atoms with E-state index in [1.165, 1.54) is 5.56 Å². The van der Waals surface area contributed by atoms with Crippen molar-refractivity contribution in [1.82, 2.24) is 0 Å². The van der Waals surface area contributed by atoms with E-state index in [1.807, 2.05) is 55.5 Å². The van der Waals surface area contributed by atoms with Crippen molar-refractivity contribution < 1.29 is 19.1 Å². The molecule has 0 N–H and O–H groups in total. The number of carbonyl (C=O) groups excluding carboxylic acids is 2. The lowest BCUT2D eigenvalue weighted by molar-refractivity contribution is -0.139. The maximum absolute atomic E-state index is 12.7. The van der Waals surface area contributed by atoms with Gasteiger partial charge in [-0.1, -0.05) is 45.0 Å². The molecule has 2 aromatic carbocycles. The van der Waals surface area contributed by atoms with E-state index >= 15 is 0 Å². The second-order valence-corrected chi connectivity index (χ2v) is 7.99. The third-order valence-electron chi connectivity index (χ3n) is 5.65. The van der Waals surface area contributed by atoms with Gasteiger partial charge in [-0.15, -0.1) is 0 Å². The highest BCUT2D eigenvalue weighted by molar-refractivity contribution is 6.00. The summed E-state index contributed by atoms with van der Waals surface area (Å²) in [6.07, 6.45) is 1.16. The van der Waals surface area contributed by atoms with Gasteiger partial charge in [0.15, 0.2) is 0 Å². The number of para-hydroxylation sites is 2. The van der Waals surface area contributed by atoms with E-state index in [4.69, 9.17) is 9.47 Å². The average Bonchev–Trinajstić information content (AvgIpc) is 3.11. The molecule has 0 aliphatic carbocycles. The molecule has 1 atom stereocenters. The second kappa shape index (κ2) is 8.68. The zero-order chi connectivity index (χ0) is 21.0. The SMILES string of the molecule is CCOc1ccccc1N1C[C@H](C(=O)Oc2ccc(C(C)(C)CC)cc2)CC1=O. The van der Waals surface area contributed by atoms with Crippen LogP contribution in [-0.4, -0.2) is 25.0 Å². The summed E-state index contributed by atoms with van der Waals surface area (Å²) in [5.41, 5.74) is 1.98. The molecule has 5 nitrogen and oxygen atoms in total. The number of hydrogen-bond acceptors (Lipinski definition) is 4. The number of rotatable bonds is 7. The fraction of sp³-hybridized carbons (Fsp3) is 0.417. The molecule has 3 rings (SSSR count). The molecule has 1 saturated heterocycles. The van der Waals surface area contributed by atoms with Crippen molar-refractivity contribution in [2.24, 2.45) is 5.92 Å². The molecule has 0 unspecified atom stereocenters. The first-order valence-corrected chi connectivity index (χ1v) is 10.2. The molecule has 5 heteroatoms. The number of benzene rings is 2. The Morgan fingerprint density at radius 1 is 1.10 bits per heavy atom. The van der Waals surface area contributed by atoms with Crippen molar-refractivity contribution in [3.05, 3.63) is 54.1 Å². The third-order valence-corrected chi connectivity index (χ3v) is 5.65. The van der Waals surface area contributed by atoms with Gasteiger partial charge in [-0.2, -0.15) is 0 Å². The number of ether oxygens (including phenoxy) is 2. The fourth-order valence-electron chi connectivity index (χ4n) is 3.43. The Balaban J connectivity index is 1.68. The molecule has 154 valence electrons. The lowest BCUT2D eigenvalue weighted by Gasteiger charge is -2.23. The Kier molecular flexibility index (Phi) is 6.26. The van der Waals surface area contributed by atoms with Gasteiger partial charge >= 0.3 is 5.97 Å². The molecule has 0 saturated carbocycles. The Morgan fingerprint density at radius 2 is 1.79 bits per heavy atom. The van der Waals surface area contributed by atoms with Crippen LogP contribution in [0.15, 0.2) is 48.5 Å². The predicted octanol–water partition coefficient (Wildman–Crippen LogP) is 4.73. The molecule has 0 spiro atoms. The van der Waals surface area contributed by atoms with Crippen molar-refractivity contribution in [1.29, 1.82) is 0 Å². The third kappa shape index (κ3) is 4.61. The van der Waals surface area contributed by atoms with Crippen LogP contribution in [0.1, 0.15) is 46.1 Å². The Bertz CT molecular complexity index is 873. The van der Waals surface area contributed by atoms with Crippen LogP contribution in [0, 0.1) is 5.92 Å². The highest BCUT2D eigenvalue weighted by atomic mass is 16.5. The number of anilines is 1. The predicted molar refractivity (Wildman–Crippen MR) is 113 cm³/mol. The minimum atomic E-state index is -0.496. The lowest BCUT2D eigenvalue weighted by atomic mass is 9.82. The summed E-state index contributed by atoms with van der Waals surface area (Å²) in [5, 5.41) is 0. The first-order chi connectivity index (χ1) is 13.9. The Hall–Kier alpha value is -2.82. The number of carbonyl (C=O) groups is 2. The van der Waals surface area contributed by atoms with Crippen molar-refractivity contribution >= 4 is 17.6 Å². The quantitative estimate of drug-likeness (QED) is 0.502. The molecule has 1 aliphatic rings. The van der Waals surface area contributed by atoms with Crippen LogP contribution in [-0.2, 0) is 15.0 Å². The van der Waals surface area contributed by atoms with Gasteiger partial charge in [-0.25, -0.2) is 0 Å². The maximum atomic E-state index is 12.7. The van der Waals surface area contributed by atoms with Crippen molar-refractivity contribution in [3.63, 3.8) is 0 Å². The van der Waals surface area contributed by atoms with Crippen LogP contribution in [0.5, 0.6) is 11.5 Å². The van der Waals surface area contributed by atoms with Crippen LogP contribution < -0.4 is 14.4 Å². The van der Waals surface area contributed by atoms with Gasteiger partial charge in [0.2, 0.25) is 5.91 Å². The smallest absolute Gasteiger partial charge is 0.316 e. The molecule has 0 bridgehead atoms. The minimum absolute atomic E-state index is 0.0782. The van der Waals surface area contributed by atoms with E-state index in [1.54, 1.807) is 4.90 Å². The summed E-state index contributed by atoms with van der Waals surface area (Å²) in [7, 11) is 0. The largest absolute Gasteiger partial charge is 0.492 e. The Morgan fingerprint density at radius 3 is 2.45 bits per heavy atom. The zero-order valence-corrected chi connectivity index (χ0v) is 17.6. The van der Waals surface area contributed by atoms with Crippen LogP contribution in [0.3, 0.4) is 0 Å². The summed E-state index contributed by atoms with van der Waals surface area (Å²) in [6.45, 7) is 9.23. The number of hydrogen-bond donors (Lipinski definition) is 0. The monoisotopic (exact) mass is 395 g/mol. The number of amides is 1. The summed E-state index contributed by atoms with van der Waals surface area (Å²) < 4.78 is 11.2. The lowest BCUT2D eigenvalue weighted by Crippen LogP contribution is -2.27. The van der Waals surface area contributed by atoms with Gasteiger partial charge in [0.05, 0.1) is 18.2 Å². The van der Waals surface area contributed by atoms with E-state index in [9.17, 15) is 9.59 Å². The van der Waals surface area contributed by atoms with E-state index in [2.05, 4.69) is 20.8 Å². The van der Waals surface area contributed by atoms with Gasteiger partial charge in [0, 0.05) is 13.0 Å². The molecule has 0 aromatic heterocycles. The van der Waals surface area contributed by atoms with Gasteiger partial charge in [0.1, 0.15) is 11.5 Å². The first-order valence-electron chi connectivity index (χ1n) is 10.2. The molecule has 1 heterocycles. The summed E-state index contributed by atoms with van der Waals surface area (Å²) in [4.78, 5) is 26.8. The van der Waals surface area contributed by atoms with Crippen LogP contribution >= 0.6 is 0 Å². The summed E-state index contributed by atoms with van der Waals surface area (Å²) in [6, 6.07) is 15.0. The van der Waals surface area contributed by atoms with Crippen LogP contribution in [0.2, 0.25) is 0 Å². The van der Waals surface area contributed by atoms with Crippen LogP contribution in [0.25, 0.3) is 0 Å². The zero-order valence-electron chi connectivity index (χ0n) is 17.6. The molecule has 29 heavy (non-hydrogen) atoms. The van der Waals surface area contributed by atoms with E-state index in [-0.39, 0.29) is 23.7 Å². The highest BCUT2D eigenvalue weighted by Gasteiger charge is 2.37. The topological polar surface area (TPSA) is 55.8 Å². The molecule has 2 aromatic rings.